The molecule has 1 aromatic rings. The van der Waals surface area contributed by atoms with E-state index in [1.54, 1.807) is 17.0 Å². The van der Waals surface area contributed by atoms with Gasteiger partial charge in [0.15, 0.2) is 0 Å². The van der Waals surface area contributed by atoms with Crippen LogP contribution in [0.15, 0.2) is 24.3 Å². The molecule has 1 aromatic carbocycles. The van der Waals surface area contributed by atoms with E-state index in [1.165, 1.54) is 26.0 Å². The van der Waals surface area contributed by atoms with Gasteiger partial charge in [0.05, 0.1) is 5.92 Å². The van der Waals surface area contributed by atoms with Crippen LogP contribution in [0.2, 0.25) is 0 Å². The second-order valence-corrected chi connectivity index (χ2v) is 4.81. The summed E-state index contributed by atoms with van der Waals surface area (Å²) in [7, 11) is 0. The Labute approximate surface area is 116 Å². The Morgan fingerprint density at radius 1 is 1.15 bits per heavy atom. The van der Waals surface area contributed by atoms with Crippen molar-refractivity contribution >= 4 is 11.9 Å². The molecule has 110 valence electrons. The number of nitrogens with zero attached hydrogens (tertiary/aromatic N) is 1. The number of benzene rings is 1. The predicted molar refractivity (Wildman–Crippen MR) is 70.7 cm³/mol. The second-order valence-electron chi connectivity index (χ2n) is 4.81. The molecule has 0 aliphatic heterocycles. The summed E-state index contributed by atoms with van der Waals surface area (Å²) in [5, 5.41) is 18.0. The molecule has 20 heavy (non-hydrogen) atoms. The van der Waals surface area contributed by atoms with Crippen molar-refractivity contribution < 1.29 is 24.2 Å². The van der Waals surface area contributed by atoms with Crippen molar-refractivity contribution in [2.24, 2.45) is 5.92 Å². The van der Waals surface area contributed by atoms with Crippen molar-refractivity contribution in [2.45, 2.75) is 26.4 Å². The van der Waals surface area contributed by atoms with Crippen LogP contribution in [0.5, 0.6) is 0 Å². The molecule has 5 nitrogen and oxygen atoms in total. The highest BCUT2D eigenvalue weighted by Gasteiger charge is 2.24. The third-order valence-electron chi connectivity index (χ3n) is 3.13. The fourth-order valence-electron chi connectivity index (χ4n) is 1.77. The molecule has 0 saturated carbocycles. The van der Waals surface area contributed by atoms with Crippen LogP contribution in [0, 0.1) is 11.7 Å². The molecule has 0 saturated heterocycles. The topological polar surface area (TPSA) is 77.8 Å². The average Bonchev–Trinajstić information content (AvgIpc) is 2.39. The molecule has 0 spiro atoms. The summed E-state index contributed by atoms with van der Waals surface area (Å²) in [5.41, 5.74) is 0.733. The van der Waals surface area contributed by atoms with Crippen molar-refractivity contribution in [3.63, 3.8) is 0 Å². The molecule has 0 aliphatic rings. The van der Waals surface area contributed by atoms with Crippen LogP contribution < -0.4 is 0 Å². The van der Waals surface area contributed by atoms with Gasteiger partial charge in [-0.05, 0) is 24.6 Å². The fourth-order valence-corrected chi connectivity index (χ4v) is 1.77. The average molecular weight is 283 g/mol. The van der Waals surface area contributed by atoms with E-state index >= 15 is 0 Å². The standard InChI is InChI=1S/C14H18FNO4/c1-9(13(17)18)7-16(10(2)14(19)20)8-11-3-5-12(15)6-4-11/h3-6,9-10H,7-8H2,1-2H3,(H,17,18)(H,19,20). The Morgan fingerprint density at radius 2 is 1.70 bits per heavy atom. The first-order chi connectivity index (χ1) is 9.31. The highest BCUT2D eigenvalue weighted by Crippen LogP contribution is 2.12. The lowest BCUT2D eigenvalue weighted by atomic mass is 10.1. The lowest BCUT2D eigenvalue weighted by Crippen LogP contribution is -2.42. The van der Waals surface area contributed by atoms with Gasteiger partial charge in [0.25, 0.3) is 0 Å². The van der Waals surface area contributed by atoms with Gasteiger partial charge in [-0.25, -0.2) is 4.39 Å². The third kappa shape index (κ3) is 4.62. The fraction of sp³-hybridized carbons (Fsp3) is 0.429. The molecule has 0 radical (unpaired) electrons. The van der Waals surface area contributed by atoms with Crippen LogP contribution in [-0.2, 0) is 16.1 Å². The zero-order valence-electron chi connectivity index (χ0n) is 11.4. The number of aliphatic carboxylic acids is 2. The summed E-state index contributed by atoms with van der Waals surface area (Å²) >= 11 is 0. The van der Waals surface area contributed by atoms with E-state index < -0.39 is 23.9 Å². The monoisotopic (exact) mass is 283 g/mol. The molecule has 2 N–H and O–H groups in total. The number of rotatable bonds is 7. The smallest absolute Gasteiger partial charge is 0.320 e. The van der Waals surface area contributed by atoms with Crippen LogP contribution in [0.3, 0.4) is 0 Å². The Morgan fingerprint density at radius 3 is 2.15 bits per heavy atom. The van der Waals surface area contributed by atoms with Gasteiger partial charge in [0.1, 0.15) is 11.9 Å². The van der Waals surface area contributed by atoms with E-state index in [-0.39, 0.29) is 18.9 Å². The summed E-state index contributed by atoms with van der Waals surface area (Å²) < 4.78 is 12.8. The molecule has 1 rings (SSSR count). The van der Waals surface area contributed by atoms with Crippen molar-refractivity contribution in [1.82, 2.24) is 4.90 Å². The quantitative estimate of drug-likeness (QED) is 0.798. The van der Waals surface area contributed by atoms with Crippen LogP contribution >= 0.6 is 0 Å². The van der Waals surface area contributed by atoms with Crippen LogP contribution in [0.1, 0.15) is 19.4 Å². The molecule has 0 aromatic heterocycles. The van der Waals surface area contributed by atoms with Crippen LogP contribution in [-0.4, -0.2) is 39.6 Å². The van der Waals surface area contributed by atoms with Gasteiger partial charge in [-0.2, -0.15) is 0 Å². The summed E-state index contributed by atoms with van der Waals surface area (Å²) in [5.74, 6) is -3.06. The molecule has 0 amide bonds. The van der Waals surface area contributed by atoms with Crippen molar-refractivity contribution in [3.05, 3.63) is 35.6 Å². The number of carboxylic acids is 2. The van der Waals surface area contributed by atoms with E-state index in [4.69, 9.17) is 10.2 Å². The van der Waals surface area contributed by atoms with Crippen LogP contribution in [0.25, 0.3) is 0 Å². The first kappa shape index (κ1) is 16.1. The van der Waals surface area contributed by atoms with E-state index in [0.717, 1.165) is 5.56 Å². The Hall–Kier alpha value is -1.95. The zero-order valence-corrected chi connectivity index (χ0v) is 11.4. The molecule has 0 aliphatic carbocycles. The number of hydrogen-bond acceptors (Lipinski definition) is 3. The van der Waals surface area contributed by atoms with Gasteiger partial charge < -0.3 is 10.2 Å². The van der Waals surface area contributed by atoms with Gasteiger partial charge in [-0.15, -0.1) is 0 Å². The van der Waals surface area contributed by atoms with Gasteiger partial charge in [0.2, 0.25) is 0 Å². The van der Waals surface area contributed by atoms with E-state index in [1.807, 2.05) is 0 Å². The highest BCUT2D eigenvalue weighted by atomic mass is 19.1. The number of carboxylic acid groups (broad SMARTS) is 2. The Bertz CT molecular complexity index is 475. The van der Waals surface area contributed by atoms with Crippen molar-refractivity contribution in [2.75, 3.05) is 6.54 Å². The summed E-state index contributed by atoms with van der Waals surface area (Å²) in [6.07, 6.45) is 0. The molecular weight excluding hydrogens is 265 g/mol. The lowest BCUT2D eigenvalue weighted by molar-refractivity contribution is -0.147. The van der Waals surface area contributed by atoms with E-state index in [2.05, 4.69) is 0 Å². The highest BCUT2D eigenvalue weighted by molar-refractivity contribution is 5.73. The van der Waals surface area contributed by atoms with Gasteiger partial charge in [-0.3, -0.25) is 14.5 Å². The second kappa shape index (κ2) is 7.00. The maximum absolute atomic E-state index is 12.8. The van der Waals surface area contributed by atoms with Crippen molar-refractivity contribution in [1.29, 1.82) is 0 Å². The SMILES string of the molecule is CC(CN(Cc1ccc(F)cc1)C(C)C(=O)O)C(=O)O. The summed E-state index contributed by atoms with van der Waals surface area (Å²) in [6, 6.07) is 4.88. The molecule has 0 bridgehead atoms. The predicted octanol–water partition coefficient (Wildman–Crippen LogP) is 1.82. The molecule has 2 unspecified atom stereocenters. The van der Waals surface area contributed by atoms with E-state index in [9.17, 15) is 14.0 Å². The third-order valence-corrected chi connectivity index (χ3v) is 3.13. The molecule has 2 atom stereocenters. The maximum atomic E-state index is 12.8. The molecule has 6 heteroatoms. The number of halogens is 1. The first-order valence-electron chi connectivity index (χ1n) is 6.25. The first-order valence-corrected chi connectivity index (χ1v) is 6.25. The van der Waals surface area contributed by atoms with Crippen LogP contribution in [0.4, 0.5) is 4.39 Å². The lowest BCUT2D eigenvalue weighted by Gasteiger charge is -2.27. The maximum Gasteiger partial charge on any atom is 0.320 e. The molecular formula is C14H18FNO4. The number of hydrogen-bond donors (Lipinski definition) is 2. The molecule has 0 heterocycles. The zero-order chi connectivity index (χ0) is 15.3. The van der Waals surface area contributed by atoms with Gasteiger partial charge >= 0.3 is 11.9 Å². The summed E-state index contributed by atoms with van der Waals surface area (Å²) in [4.78, 5) is 23.5. The van der Waals surface area contributed by atoms with Gasteiger partial charge in [-0.1, -0.05) is 19.1 Å². The Balaban J connectivity index is 2.84. The minimum atomic E-state index is -1.02. The minimum absolute atomic E-state index is 0.111. The summed E-state index contributed by atoms with van der Waals surface area (Å²) in [6.45, 7) is 3.39. The molecule has 0 fully saturated rings. The van der Waals surface area contributed by atoms with E-state index in [0.29, 0.717) is 0 Å². The normalized spacial score (nSPS) is 14.0. The van der Waals surface area contributed by atoms with Gasteiger partial charge in [0, 0.05) is 13.1 Å². The number of carbonyl (C=O) groups is 2. The largest absolute Gasteiger partial charge is 0.481 e. The Kier molecular flexibility index (Phi) is 5.64. The minimum Gasteiger partial charge on any atom is -0.481 e. The van der Waals surface area contributed by atoms with Crippen molar-refractivity contribution in [3.8, 4) is 0 Å².